The average Bonchev–Trinajstić information content (AvgIpc) is 2.95. The number of hydrogen-bond donors (Lipinski definition) is 2. The van der Waals surface area contributed by atoms with Gasteiger partial charge in [0.1, 0.15) is 17.3 Å². The van der Waals surface area contributed by atoms with Gasteiger partial charge < -0.3 is 15.6 Å². The summed E-state index contributed by atoms with van der Waals surface area (Å²) < 4.78 is 34.0. The molecule has 0 fully saturated rings. The molecular weight excluding hydrogens is 495 g/mol. The lowest BCUT2D eigenvalue weighted by molar-refractivity contribution is -0.148. The molecule has 196 valence electrons. The second kappa shape index (κ2) is 11.8. The fourth-order valence-electron chi connectivity index (χ4n) is 4.44. The van der Waals surface area contributed by atoms with Gasteiger partial charge in [0.2, 0.25) is 10.0 Å². The van der Waals surface area contributed by atoms with E-state index in [-0.39, 0.29) is 30.5 Å². The summed E-state index contributed by atoms with van der Waals surface area (Å²) in [6.45, 7) is 8.18. The van der Waals surface area contributed by atoms with Crippen LogP contribution in [0.2, 0.25) is 0 Å². The molecule has 1 aliphatic heterocycles. The molecule has 3 rings (SSSR count). The molecule has 0 bridgehead atoms. The van der Waals surface area contributed by atoms with Gasteiger partial charge in [0.05, 0.1) is 5.41 Å². The standard InChI is InChI=1S/C27H37N2O5PS/c1-5-35-18-22(28)12-13-23(27(3,4)26(30)31)20-11-10-19(2)21(16-20)17-29-14-15-34-24-8-6-7-9-25(24)36(29,32)33/h6-11,16,18,23,35H,5,12-15,17,28H2,1-4H3,(H,30,31)/b22-18-. The first-order valence-electron chi connectivity index (χ1n) is 12.2. The van der Waals surface area contributed by atoms with Crippen molar-refractivity contribution in [2.45, 2.75) is 57.9 Å². The van der Waals surface area contributed by atoms with Crippen LogP contribution < -0.4 is 10.5 Å². The molecule has 0 saturated carbocycles. The summed E-state index contributed by atoms with van der Waals surface area (Å²) in [6, 6.07) is 12.5. The van der Waals surface area contributed by atoms with Gasteiger partial charge in [-0.05, 0) is 80.3 Å². The molecule has 2 atom stereocenters. The highest BCUT2D eigenvalue weighted by atomic mass is 32.2. The van der Waals surface area contributed by atoms with E-state index < -0.39 is 21.4 Å². The van der Waals surface area contributed by atoms with E-state index in [1.54, 1.807) is 38.1 Å². The molecular formula is C27H37N2O5PS. The minimum Gasteiger partial charge on any atom is -0.491 e. The number of nitrogens with zero attached hydrogens (tertiary/aromatic N) is 1. The molecule has 0 aromatic heterocycles. The lowest BCUT2D eigenvalue weighted by Crippen LogP contribution is -2.33. The summed E-state index contributed by atoms with van der Waals surface area (Å²) in [5.41, 5.74) is 8.62. The zero-order chi connectivity index (χ0) is 26.5. The number of fused-ring (bicyclic) bond motifs is 1. The van der Waals surface area contributed by atoms with Crippen molar-refractivity contribution in [3.63, 3.8) is 0 Å². The van der Waals surface area contributed by atoms with Crippen LogP contribution in [0.25, 0.3) is 0 Å². The van der Waals surface area contributed by atoms with Gasteiger partial charge >= 0.3 is 5.97 Å². The van der Waals surface area contributed by atoms with Gasteiger partial charge in [0.15, 0.2) is 0 Å². The second-order valence-corrected chi connectivity index (χ2v) is 13.0. The average molecular weight is 533 g/mol. The number of allylic oxidation sites excluding steroid dienone is 1. The molecule has 1 heterocycles. The Morgan fingerprint density at radius 3 is 2.69 bits per heavy atom. The van der Waals surface area contributed by atoms with Crippen molar-refractivity contribution in [1.29, 1.82) is 0 Å². The Morgan fingerprint density at radius 2 is 2.00 bits per heavy atom. The number of carboxylic acid groups (broad SMARTS) is 1. The van der Waals surface area contributed by atoms with E-state index in [4.69, 9.17) is 10.5 Å². The van der Waals surface area contributed by atoms with Crippen LogP contribution in [-0.2, 0) is 21.4 Å². The second-order valence-electron chi connectivity index (χ2n) is 9.71. The van der Waals surface area contributed by atoms with Crippen molar-refractivity contribution >= 4 is 24.6 Å². The lowest BCUT2D eigenvalue weighted by Gasteiger charge is -2.32. The SMILES string of the molecule is CCP/C=C(\N)CCC(c1ccc(C)c(CN2CCOc3ccccc3S2(=O)=O)c1)C(C)(C)C(=O)O. The Labute approximate surface area is 216 Å². The third-order valence-corrected chi connectivity index (χ3v) is 9.69. The number of sulfonamides is 1. The topological polar surface area (TPSA) is 110 Å². The Bertz CT molecular complexity index is 1230. The number of nitrogens with two attached hydrogens (primary N) is 1. The smallest absolute Gasteiger partial charge is 0.309 e. The van der Waals surface area contributed by atoms with Gasteiger partial charge in [-0.25, -0.2) is 8.42 Å². The first-order valence-corrected chi connectivity index (χ1v) is 14.9. The Morgan fingerprint density at radius 1 is 1.28 bits per heavy atom. The van der Waals surface area contributed by atoms with Crippen LogP contribution in [0.4, 0.5) is 0 Å². The summed E-state index contributed by atoms with van der Waals surface area (Å²) in [5.74, 6) is 1.23. The molecule has 2 aromatic rings. The van der Waals surface area contributed by atoms with Crippen LogP contribution >= 0.6 is 8.58 Å². The summed E-state index contributed by atoms with van der Waals surface area (Å²) in [7, 11) is -3.10. The van der Waals surface area contributed by atoms with E-state index >= 15 is 0 Å². The molecule has 1 aliphatic rings. The van der Waals surface area contributed by atoms with Crippen molar-refractivity contribution in [3.8, 4) is 5.75 Å². The molecule has 7 nitrogen and oxygen atoms in total. The molecule has 2 aromatic carbocycles. The highest BCUT2D eigenvalue weighted by Gasteiger charge is 2.38. The number of rotatable bonds is 10. The quantitative estimate of drug-likeness (QED) is 0.415. The minimum absolute atomic E-state index is 0.163. The van der Waals surface area contributed by atoms with E-state index in [1.165, 1.54) is 4.31 Å². The van der Waals surface area contributed by atoms with Crippen LogP contribution in [-0.4, -0.2) is 43.1 Å². The van der Waals surface area contributed by atoms with Gasteiger partial charge in [0, 0.05) is 18.8 Å². The van der Waals surface area contributed by atoms with Gasteiger partial charge in [-0.3, -0.25) is 4.79 Å². The summed E-state index contributed by atoms with van der Waals surface area (Å²) in [4.78, 5) is 12.4. The van der Waals surface area contributed by atoms with Gasteiger partial charge in [0.25, 0.3) is 0 Å². The van der Waals surface area contributed by atoms with E-state index in [0.717, 1.165) is 28.5 Å². The van der Waals surface area contributed by atoms with E-state index in [0.29, 0.717) is 27.2 Å². The number of carboxylic acids is 1. The largest absolute Gasteiger partial charge is 0.491 e. The summed E-state index contributed by atoms with van der Waals surface area (Å²) >= 11 is 0. The molecule has 3 N–H and O–H groups in total. The zero-order valence-corrected chi connectivity index (χ0v) is 23.3. The van der Waals surface area contributed by atoms with Crippen LogP contribution in [0.5, 0.6) is 5.75 Å². The van der Waals surface area contributed by atoms with Crippen LogP contribution in [0, 0.1) is 12.3 Å². The number of benzene rings is 2. The van der Waals surface area contributed by atoms with Crippen molar-refractivity contribution in [2.24, 2.45) is 11.1 Å². The van der Waals surface area contributed by atoms with E-state index in [2.05, 4.69) is 6.92 Å². The monoisotopic (exact) mass is 532 g/mol. The third-order valence-electron chi connectivity index (χ3n) is 6.82. The molecule has 2 unspecified atom stereocenters. The number of ether oxygens (including phenoxy) is 1. The normalized spacial score (nSPS) is 17.4. The van der Waals surface area contributed by atoms with Gasteiger partial charge in [-0.15, -0.1) is 0 Å². The number of para-hydroxylation sites is 1. The Balaban J connectivity index is 1.95. The summed E-state index contributed by atoms with van der Waals surface area (Å²) in [6.07, 6.45) is 2.22. The maximum absolute atomic E-state index is 13.4. The highest BCUT2D eigenvalue weighted by molar-refractivity contribution is 7.89. The van der Waals surface area contributed by atoms with Crippen molar-refractivity contribution < 1.29 is 23.1 Å². The fraction of sp³-hybridized carbons (Fsp3) is 0.444. The molecule has 0 aliphatic carbocycles. The number of carbonyl (C=O) groups is 1. The lowest BCUT2D eigenvalue weighted by atomic mass is 9.72. The van der Waals surface area contributed by atoms with Crippen LogP contribution in [0.1, 0.15) is 56.2 Å². The highest BCUT2D eigenvalue weighted by Crippen LogP contribution is 2.41. The predicted molar refractivity (Wildman–Crippen MR) is 145 cm³/mol. The molecule has 9 heteroatoms. The Hall–Kier alpha value is -2.41. The first-order chi connectivity index (χ1) is 17.0. The summed E-state index contributed by atoms with van der Waals surface area (Å²) in [5, 5.41) is 10.0. The zero-order valence-electron chi connectivity index (χ0n) is 21.5. The molecule has 0 spiro atoms. The fourth-order valence-corrected chi connectivity index (χ4v) is 6.59. The number of aliphatic carboxylic acids is 1. The number of hydrogen-bond acceptors (Lipinski definition) is 5. The van der Waals surface area contributed by atoms with E-state index in [1.807, 2.05) is 30.9 Å². The maximum atomic E-state index is 13.4. The van der Waals surface area contributed by atoms with Crippen molar-refractivity contribution in [2.75, 3.05) is 19.3 Å². The number of aryl methyl sites for hydroxylation is 1. The van der Waals surface area contributed by atoms with Crippen molar-refractivity contribution in [3.05, 3.63) is 70.7 Å². The first kappa shape index (κ1) is 28.2. The van der Waals surface area contributed by atoms with Crippen LogP contribution in [0.15, 0.2) is 58.9 Å². The predicted octanol–water partition coefficient (Wildman–Crippen LogP) is 5.05. The minimum atomic E-state index is -3.75. The van der Waals surface area contributed by atoms with Gasteiger partial charge in [-0.1, -0.05) is 45.8 Å². The third kappa shape index (κ3) is 6.28. The molecule has 0 radical (unpaired) electrons. The maximum Gasteiger partial charge on any atom is 0.309 e. The van der Waals surface area contributed by atoms with Crippen molar-refractivity contribution in [1.82, 2.24) is 4.31 Å². The van der Waals surface area contributed by atoms with Gasteiger partial charge in [-0.2, -0.15) is 4.31 Å². The molecule has 0 amide bonds. The molecule has 36 heavy (non-hydrogen) atoms. The molecule has 0 saturated heterocycles. The van der Waals surface area contributed by atoms with E-state index in [9.17, 15) is 18.3 Å². The Kier molecular flexibility index (Phi) is 9.20. The van der Waals surface area contributed by atoms with Crippen LogP contribution in [0.3, 0.4) is 0 Å².